The van der Waals surface area contributed by atoms with Gasteiger partial charge in [0, 0.05) is 0 Å². The maximum atomic E-state index is 11.4. The van der Waals surface area contributed by atoms with Gasteiger partial charge in [0.2, 0.25) is 0 Å². The quantitative estimate of drug-likeness (QED) is 0.784. The number of aliphatic hydroxyl groups excluding tert-OH is 1. The van der Waals surface area contributed by atoms with Gasteiger partial charge in [-0.15, -0.1) is 0 Å². The van der Waals surface area contributed by atoms with Crippen LogP contribution in [0.4, 0.5) is 0 Å². The van der Waals surface area contributed by atoms with Crippen LogP contribution < -0.4 is 4.74 Å². The maximum Gasteiger partial charge on any atom is 0.341 e. The molecule has 0 spiro atoms. The molecule has 1 rings (SSSR count). The third kappa shape index (κ3) is 2.84. The minimum Gasteiger partial charge on any atom is -0.496 e. The minimum atomic E-state index is -0.448. The number of hydrogen-bond acceptors (Lipinski definition) is 4. The SMILES string of the molecule is COC(=O)c1cc(/C=C/CO)ccc1OC. The first-order valence-corrected chi connectivity index (χ1v) is 4.76. The first-order valence-electron chi connectivity index (χ1n) is 4.76. The van der Waals surface area contributed by atoms with E-state index >= 15 is 0 Å². The molecule has 1 aromatic rings. The smallest absolute Gasteiger partial charge is 0.341 e. The van der Waals surface area contributed by atoms with Crippen LogP contribution >= 0.6 is 0 Å². The van der Waals surface area contributed by atoms with E-state index < -0.39 is 5.97 Å². The zero-order valence-corrected chi connectivity index (χ0v) is 9.27. The van der Waals surface area contributed by atoms with Gasteiger partial charge in [0.05, 0.1) is 20.8 Å². The Hall–Kier alpha value is -1.81. The molecule has 0 aliphatic carbocycles. The van der Waals surface area contributed by atoms with E-state index in [1.54, 1.807) is 30.4 Å². The molecule has 0 aromatic heterocycles. The molecule has 0 saturated heterocycles. The summed E-state index contributed by atoms with van der Waals surface area (Å²) in [6, 6.07) is 5.12. The van der Waals surface area contributed by atoms with Gasteiger partial charge in [0.15, 0.2) is 0 Å². The van der Waals surface area contributed by atoms with Crippen molar-refractivity contribution in [3.05, 3.63) is 35.4 Å². The summed E-state index contributed by atoms with van der Waals surface area (Å²) in [5, 5.41) is 8.65. The zero-order valence-electron chi connectivity index (χ0n) is 9.27. The third-order valence-electron chi connectivity index (χ3n) is 2.04. The molecular weight excluding hydrogens is 208 g/mol. The second-order valence-corrected chi connectivity index (χ2v) is 3.04. The zero-order chi connectivity index (χ0) is 12.0. The van der Waals surface area contributed by atoms with Gasteiger partial charge in [0.1, 0.15) is 11.3 Å². The average molecular weight is 222 g/mol. The van der Waals surface area contributed by atoms with Gasteiger partial charge in [0.25, 0.3) is 0 Å². The molecule has 0 amide bonds. The lowest BCUT2D eigenvalue weighted by Gasteiger charge is -2.07. The number of carbonyl (C=O) groups excluding carboxylic acids is 1. The molecule has 16 heavy (non-hydrogen) atoms. The van der Waals surface area contributed by atoms with Gasteiger partial charge in [-0.2, -0.15) is 0 Å². The fourth-order valence-electron chi connectivity index (χ4n) is 1.29. The second kappa shape index (κ2) is 5.92. The van der Waals surface area contributed by atoms with Gasteiger partial charge in [-0.25, -0.2) is 4.79 Å². The van der Waals surface area contributed by atoms with E-state index in [0.717, 1.165) is 5.56 Å². The van der Waals surface area contributed by atoms with Crippen LogP contribution in [0.2, 0.25) is 0 Å². The van der Waals surface area contributed by atoms with Crippen LogP contribution in [0.3, 0.4) is 0 Å². The molecule has 86 valence electrons. The number of carbonyl (C=O) groups is 1. The van der Waals surface area contributed by atoms with Gasteiger partial charge in [-0.05, 0) is 17.7 Å². The van der Waals surface area contributed by atoms with Crippen LogP contribution in [-0.4, -0.2) is 31.9 Å². The largest absolute Gasteiger partial charge is 0.496 e. The molecule has 4 heteroatoms. The first kappa shape index (κ1) is 12.3. The van der Waals surface area contributed by atoms with Gasteiger partial charge in [-0.3, -0.25) is 0 Å². The first-order chi connectivity index (χ1) is 7.72. The van der Waals surface area contributed by atoms with E-state index in [1.807, 2.05) is 0 Å². The Morgan fingerprint density at radius 3 is 2.75 bits per heavy atom. The van der Waals surface area contributed by atoms with E-state index in [4.69, 9.17) is 9.84 Å². The Labute approximate surface area is 94.1 Å². The van der Waals surface area contributed by atoms with E-state index in [2.05, 4.69) is 4.74 Å². The van der Waals surface area contributed by atoms with Crippen molar-refractivity contribution in [2.45, 2.75) is 0 Å². The van der Waals surface area contributed by atoms with Crippen molar-refractivity contribution in [2.75, 3.05) is 20.8 Å². The summed E-state index contributed by atoms with van der Waals surface area (Å²) in [5.74, 6) is 0.0177. The monoisotopic (exact) mass is 222 g/mol. The second-order valence-electron chi connectivity index (χ2n) is 3.04. The molecule has 0 atom stereocenters. The highest BCUT2D eigenvalue weighted by Crippen LogP contribution is 2.21. The fourth-order valence-corrected chi connectivity index (χ4v) is 1.29. The van der Waals surface area contributed by atoms with Crippen molar-refractivity contribution < 1.29 is 19.4 Å². The Morgan fingerprint density at radius 2 is 2.19 bits per heavy atom. The summed E-state index contributed by atoms with van der Waals surface area (Å²) in [5.41, 5.74) is 1.17. The number of rotatable bonds is 4. The summed E-state index contributed by atoms with van der Waals surface area (Å²) < 4.78 is 9.70. The van der Waals surface area contributed by atoms with Gasteiger partial charge >= 0.3 is 5.97 Å². The maximum absolute atomic E-state index is 11.4. The van der Waals surface area contributed by atoms with Crippen molar-refractivity contribution in [1.82, 2.24) is 0 Å². The predicted octanol–water partition coefficient (Wildman–Crippen LogP) is 1.49. The lowest BCUT2D eigenvalue weighted by Crippen LogP contribution is -2.04. The topological polar surface area (TPSA) is 55.8 Å². The summed E-state index contributed by atoms with van der Waals surface area (Å²) >= 11 is 0. The summed E-state index contributed by atoms with van der Waals surface area (Å²) in [6.45, 7) is -0.0421. The number of ether oxygens (including phenoxy) is 2. The highest BCUT2D eigenvalue weighted by atomic mass is 16.5. The van der Waals surface area contributed by atoms with E-state index in [0.29, 0.717) is 11.3 Å². The summed E-state index contributed by atoms with van der Waals surface area (Å²) in [4.78, 5) is 11.4. The van der Waals surface area contributed by atoms with Crippen molar-refractivity contribution in [3.8, 4) is 5.75 Å². The molecule has 0 bridgehead atoms. The Morgan fingerprint density at radius 1 is 1.44 bits per heavy atom. The van der Waals surface area contributed by atoms with Crippen molar-refractivity contribution >= 4 is 12.0 Å². The summed E-state index contributed by atoms with van der Waals surface area (Å²) in [6.07, 6.45) is 3.30. The standard InChI is InChI=1S/C12H14O4/c1-15-11-6-5-9(4-3-7-13)8-10(11)12(14)16-2/h3-6,8,13H,7H2,1-2H3/b4-3+. The number of esters is 1. The molecule has 1 aromatic carbocycles. The number of hydrogen-bond donors (Lipinski definition) is 1. The number of benzene rings is 1. The molecule has 0 saturated carbocycles. The van der Waals surface area contributed by atoms with Crippen LogP contribution in [0.15, 0.2) is 24.3 Å². The molecule has 4 nitrogen and oxygen atoms in total. The average Bonchev–Trinajstić information content (AvgIpc) is 2.35. The molecule has 0 aliphatic heterocycles. The molecule has 0 heterocycles. The normalized spacial score (nSPS) is 10.4. The van der Waals surface area contributed by atoms with Crippen LogP contribution in [0, 0.1) is 0 Å². The molecule has 0 radical (unpaired) electrons. The Bertz CT molecular complexity index is 396. The third-order valence-corrected chi connectivity index (χ3v) is 2.04. The molecular formula is C12H14O4. The van der Waals surface area contributed by atoms with Crippen LogP contribution in [0.25, 0.3) is 6.08 Å². The van der Waals surface area contributed by atoms with Crippen LogP contribution in [0.1, 0.15) is 15.9 Å². The predicted molar refractivity (Wildman–Crippen MR) is 60.5 cm³/mol. The minimum absolute atomic E-state index is 0.0421. The van der Waals surface area contributed by atoms with Crippen molar-refractivity contribution in [3.63, 3.8) is 0 Å². The van der Waals surface area contributed by atoms with E-state index in [1.165, 1.54) is 14.2 Å². The highest BCUT2D eigenvalue weighted by molar-refractivity contribution is 5.93. The number of methoxy groups -OCH3 is 2. The highest BCUT2D eigenvalue weighted by Gasteiger charge is 2.12. The molecule has 0 aliphatic rings. The molecule has 0 fully saturated rings. The van der Waals surface area contributed by atoms with Gasteiger partial charge < -0.3 is 14.6 Å². The summed E-state index contributed by atoms with van der Waals surface area (Å²) in [7, 11) is 2.81. The fraction of sp³-hybridized carbons (Fsp3) is 0.250. The lowest BCUT2D eigenvalue weighted by atomic mass is 10.1. The van der Waals surface area contributed by atoms with Crippen molar-refractivity contribution in [2.24, 2.45) is 0 Å². The van der Waals surface area contributed by atoms with E-state index in [9.17, 15) is 4.79 Å². The molecule has 0 unspecified atom stereocenters. The lowest BCUT2D eigenvalue weighted by molar-refractivity contribution is 0.0597. The number of aliphatic hydroxyl groups is 1. The van der Waals surface area contributed by atoms with Gasteiger partial charge in [-0.1, -0.05) is 18.2 Å². The van der Waals surface area contributed by atoms with Crippen molar-refractivity contribution in [1.29, 1.82) is 0 Å². The van der Waals surface area contributed by atoms with E-state index in [-0.39, 0.29) is 6.61 Å². The Kier molecular flexibility index (Phi) is 4.54. The molecule has 1 N–H and O–H groups in total. The Balaban J connectivity index is 3.10. The van der Waals surface area contributed by atoms with Crippen LogP contribution in [-0.2, 0) is 4.74 Å². The van der Waals surface area contributed by atoms with Crippen LogP contribution in [0.5, 0.6) is 5.75 Å².